The van der Waals surface area contributed by atoms with Crippen molar-refractivity contribution in [1.82, 2.24) is 10.2 Å². The number of carbonyl (C=O) groups is 1. The highest BCUT2D eigenvalue weighted by Crippen LogP contribution is 2.28. The van der Waals surface area contributed by atoms with Gasteiger partial charge in [0.1, 0.15) is 6.04 Å². The van der Waals surface area contributed by atoms with Crippen LogP contribution in [0.1, 0.15) is 19.3 Å². The van der Waals surface area contributed by atoms with E-state index < -0.39 is 12.0 Å². The molecule has 0 aliphatic carbocycles. The van der Waals surface area contributed by atoms with Gasteiger partial charge in [-0.15, -0.1) is 0 Å². The molecule has 2 rings (SSSR count). The van der Waals surface area contributed by atoms with Crippen molar-refractivity contribution in [1.29, 1.82) is 0 Å². The fourth-order valence-corrected chi connectivity index (χ4v) is 2.89. The van der Waals surface area contributed by atoms with E-state index in [2.05, 4.69) is 10.2 Å². The van der Waals surface area contributed by atoms with Gasteiger partial charge in [0.05, 0.1) is 6.61 Å². The van der Waals surface area contributed by atoms with Crippen LogP contribution in [0, 0.1) is 0 Å². The maximum absolute atomic E-state index is 11.0. The molecule has 0 bridgehead atoms. The smallest absolute Gasteiger partial charge is 0.323 e. The number of carboxylic acid groups (broad SMARTS) is 1. The molecule has 0 aromatic heterocycles. The molecule has 0 aromatic rings. The third-order valence-corrected chi connectivity index (χ3v) is 3.65. The Kier molecular flexibility index (Phi) is 3.78. The first-order valence-corrected chi connectivity index (χ1v) is 5.94. The molecule has 3 atom stereocenters. The highest BCUT2D eigenvalue weighted by atomic mass is 16.5. The van der Waals surface area contributed by atoms with Crippen LogP contribution in [0.4, 0.5) is 0 Å². The molecule has 3 unspecified atom stereocenters. The Balaban J connectivity index is 1.90. The van der Waals surface area contributed by atoms with Crippen LogP contribution in [0.15, 0.2) is 0 Å². The first kappa shape index (κ1) is 11.8. The van der Waals surface area contributed by atoms with Crippen molar-refractivity contribution >= 4 is 5.97 Å². The quantitative estimate of drug-likeness (QED) is 0.689. The molecule has 2 saturated heterocycles. The van der Waals surface area contributed by atoms with E-state index in [9.17, 15) is 4.79 Å². The van der Waals surface area contributed by atoms with Crippen LogP contribution in [-0.2, 0) is 9.53 Å². The van der Waals surface area contributed by atoms with Gasteiger partial charge < -0.3 is 9.84 Å². The predicted octanol–water partition coefficient (Wildman–Crippen LogP) is -0.0877. The van der Waals surface area contributed by atoms with Gasteiger partial charge in [-0.2, -0.15) is 0 Å². The molecular formula is C11H20N2O3. The highest BCUT2D eigenvalue weighted by Gasteiger charge is 2.38. The van der Waals surface area contributed by atoms with E-state index in [-0.39, 0.29) is 6.61 Å². The highest BCUT2D eigenvalue weighted by molar-refractivity contribution is 5.73. The minimum Gasteiger partial charge on any atom is -0.480 e. The lowest BCUT2D eigenvalue weighted by atomic mass is 10.1. The molecule has 2 aliphatic heterocycles. The topological polar surface area (TPSA) is 61.8 Å². The summed E-state index contributed by atoms with van der Waals surface area (Å²) < 4.78 is 4.93. The number of aliphatic carboxylic acids is 1. The lowest BCUT2D eigenvalue weighted by molar-refractivity contribution is -0.141. The summed E-state index contributed by atoms with van der Waals surface area (Å²) in [7, 11) is 1.54. The average molecular weight is 228 g/mol. The Bertz CT molecular complexity index is 260. The summed E-state index contributed by atoms with van der Waals surface area (Å²) in [6, 6.07) is 0.285. The van der Waals surface area contributed by atoms with Crippen molar-refractivity contribution in [3.05, 3.63) is 0 Å². The first-order chi connectivity index (χ1) is 7.72. The van der Waals surface area contributed by atoms with E-state index in [1.54, 1.807) is 0 Å². The molecule has 0 aromatic carbocycles. The minimum atomic E-state index is -0.821. The number of ether oxygens (including phenoxy) is 1. The second-order valence-electron chi connectivity index (χ2n) is 4.65. The van der Waals surface area contributed by atoms with Gasteiger partial charge in [-0.3, -0.25) is 15.0 Å². The number of hydrogen-bond donors (Lipinski definition) is 2. The van der Waals surface area contributed by atoms with E-state index in [0.29, 0.717) is 12.1 Å². The zero-order valence-electron chi connectivity index (χ0n) is 9.69. The van der Waals surface area contributed by atoms with E-state index in [4.69, 9.17) is 9.84 Å². The lowest BCUT2D eigenvalue weighted by Crippen LogP contribution is -2.49. The van der Waals surface area contributed by atoms with E-state index in [1.165, 1.54) is 26.5 Å². The fraction of sp³-hybridized carbons (Fsp3) is 0.909. The number of methoxy groups -OCH3 is 1. The molecular weight excluding hydrogens is 208 g/mol. The van der Waals surface area contributed by atoms with Crippen LogP contribution in [0.5, 0.6) is 0 Å². The summed E-state index contributed by atoms with van der Waals surface area (Å²) in [4.78, 5) is 13.5. The third-order valence-electron chi connectivity index (χ3n) is 3.65. The van der Waals surface area contributed by atoms with Gasteiger partial charge in [-0.1, -0.05) is 0 Å². The van der Waals surface area contributed by atoms with Gasteiger partial charge in [0.2, 0.25) is 0 Å². The van der Waals surface area contributed by atoms with Crippen LogP contribution in [0.2, 0.25) is 0 Å². The summed E-state index contributed by atoms with van der Waals surface area (Å²) in [6.45, 7) is 2.51. The van der Waals surface area contributed by atoms with E-state index in [1.807, 2.05) is 0 Å². The number of nitrogens with one attached hydrogen (secondary N) is 1. The summed E-state index contributed by atoms with van der Waals surface area (Å²) in [5.41, 5.74) is 0. The normalized spacial score (nSPS) is 31.6. The predicted molar refractivity (Wildman–Crippen MR) is 59.4 cm³/mol. The number of carboxylic acids is 1. The molecule has 92 valence electrons. The standard InChI is InChI=1S/C11H20N2O3/c1-16-7-9(11(14)15)12-8-4-6-13-5-2-3-10(8)13/h8-10,12H,2-7H2,1H3,(H,14,15). The van der Waals surface area contributed by atoms with Gasteiger partial charge in [-0.05, 0) is 25.8 Å². The lowest BCUT2D eigenvalue weighted by Gasteiger charge is -2.24. The van der Waals surface area contributed by atoms with Crippen molar-refractivity contribution < 1.29 is 14.6 Å². The van der Waals surface area contributed by atoms with Crippen molar-refractivity contribution in [2.75, 3.05) is 26.8 Å². The summed E-state index contributed by atoms with van der Waals surface area (Å²) in [5, 5.41) is 12.3. The molecule has 5 nitrogen and oxygen atoms in total. The molecule has 0 saturated carbocycles. The Morgan fingerprint density at radius 2 is 2.38 bits per heavy atom. The summed E-state index contributed by atoms with van der Waals surface area (Å²) in [6.07, 6.45) is 3.49. The second kappa shape index (κ2) is 5.12. The van der Waals surface area contributed by atoms with Gasteiger partial charge in [0.15, 0.2) is 0 Å². The van der Waals surface area contributed by atoms with Crippen LogP contribution in [0.3, 0.4) is 0 Å². The van der Waals surface area contributed by atoms with Crippen LogP contribution >= 0.6 is 0 Å². The van der Waals surface area contributed by atoms with Crippen molar-refractivity contribution in [3.63, 3.8) is 0 Å². The summed E-state index contributed by atoms with van der Waals surface area (Å²) in [5.74, 6) is -0.821. The molecule has 2 aliphatic rings. The monoisotopic (exact) mass is 228 g/mol. The summed E-state index contributed by atoms with van der Waals surface area (Å²) >= 11 is 0. The van der Waals surface area contributed by atoms with Gasteiger partial charge in [0.25, 0.3) is 0 Å². The first-order valence-electron chi connectivity index (χ1n) is 5.94. The largest absolute Gasteiger partial charge is 0.480 e. The molecule has 2 fully saturated rings. The van der Waals surface area contributed by atoms with Crippen LogP contribution in [0.25, 0.3) is 0 Å². The average Bonchev–Trinajstić information content (AvgIpc) is 2.81. The van der Waals surface area contributed by atoms with E-state index in [0.717, 1.165) is 13.0 Å². The fourth-order valence-electron chi connectivity index (χ4n) is 2.89. The van der Waals surface area contributed by atoms with Crippen LogP contribution in [-0.4, -0.2) is 60.9 Å². The Morgan fingerprint density at radius 1 is 1.56 bits per heavy atom. The third kappa shape index (κ3) is 2.36. The van der Waals surface area contributed by atoms with Gasteiger partial charge in [-0.25, -0.2) is 0 Å². The maximum Gasteiger partial charge on any atom is 0.323 e. The SMILES string of the molecule is COCC(NC1CCN2CCCC12)C(=O)O. The molecule has 2 heterocycles. The van der Waals surface area contributed by atoms with E-state index >= 15 is 0 Å². The minimum absolute atomic E-state index is 0.235. The van der Waals surface area contributed by atoms with Crippen LogP contribution < -0.4 is 5.32 Å². The molecule has 2 N–H and O–H groups in total. The Labute approximate surface area is 95.8 Å². The molecule has 5 heteroatoms. The number of nitrogens with zero attached hydrogens (tertiary/aromatic N) is 1. The maximum atomic E-state index is 11.0. The van der Waals surface area contributed by atoms with Gasteiger partial charge >= 0.3 is 5.97 Å². The number of fused-ring (bicyclic) bond motifs is 1. The molecule has 16 heavy (non-hydrogen) atoms. The molecule has 0 radical (unpaired) electrons. The van der Waals surface area contributed by atoms with Gasteiger partial charge in [0, 0.05) is 25.7 Å². The molecule has 0 spiro atoms. The number of hydrogen-bond acceptors (Lipinski definition) is 4. The molecule has 0 amide bonds. The zero-order chi connectivity index (χ0) is 11.5. The Hall–Kier alpha value is -0.650. The second-order valence-corrected chi connectivity index (χ2v) is 4.65. The number of rotatable bonds is 5. The van der Waals surface area contributed by atoms with Crippen molar-refractivity contribution in [2.45, 2.75) is 37.4 Å². The van der Waals surface area contributed by atoms with Crippen molar-refractivity contribution in [3.8, 4) is 0 Å². The van der Waals surface area contributed by atoms with Crippen molar-refractivity contribution in [2.24, 2.45) is 0 Å². The Morgan fingerprint density at radius 3 is 3.06 bits per heavy atom. The zero-order valence-corrected chi connectivity index (χ0v) is 9.69.